The molecule has 1 aromatic carbocycles. The molecule has 2 rings (SSSR count). The third-order valence-corrected chi connectivity index (χ3v) is 2.58. The van der Waals surface area contributed by atoms with Gasteiger partial charge in [-0.25, -0.2) is 4.39 Å². The number of amides is 1. The molecule has 1 heterocycles. The van der Waals surface area contributed by atoms with E-state index in [-0.39, 0.29) is 16.5 Å². The number of carbonyl (C=O) groups is 1. The maximum absolute atomic E-state index is 13.5. The normalized spacial score (nSPS) is 10.2. The van der Waals surface area contributed by atoms with Crippen LogP contribution in [-0.2, 0) is 0 Å². The second kappa shape index (κ2) is 5.10. The summed E-state index contributed by atoms with van der Waals surface area (Å²) in [5.74, 6) is -0.685. The van der Waals surface area contributed by atoms with Gasteiger partial charge in [-0.1, -0.05) is 0 Å². The summed E-state index contributed by atoms with van der Waals surface area (Å²) in [6, 6.07) is 5.43. The van der Waals surface area contributed by atoms with Crippen molar-refractivity contribution < 1.29 is 18.3 Å². The quantitative estimate of drug-likeness (QED) is 0.930. The average molecular weight is 270 g/mol. The Kier molecular flexibility index (Phi) is 3.53. The van der Waals surface area contributed by atoms with Crippen molar-refractivity contribution in [2.45, 2.75) is 0 Å². The molecule has 0 radical (unpaired) electrons. The van der Waals surface area contributed by atoms with Crippen LogP contribution in [0.3, 0.4) is 0 Å². The summed E-state index contributed by atoms with van der Waals surface area (Å²) in [4.78, 5) is 11.8. The molecule has 4 nitrogen and oxygen atoms in total. The Morgan fingerprint density at radius 2 is 2.22 bits per heavy atom. The minimum Gasteiger partial charge on any atom is -0.497 e. The van der Waals surface area contributed by atoms with E-state index in [0.717, 1.165) is 0 Å². The molecule has 0 aliphatic heterocycles. The summed E-state index contributed by atoms with van der Waals surface area (Å²) < 4.78 is 23.2. The minimum atomic E-state index is -0.566. The second-order valence-corrected chi connectivity index (χ2v) is 3.75. The van der Waals surface area contributed by atoms with E-state index >= 15 is 0 Å². The monoisotopic (exact) mass is 269 g/mol. The number of nitrogens with one attached hydrogen (secondary N) is 1. The SMILES string of the molecule is COc1ccc(F)c(NC(=O)c2ccoc2Cl)c1. The number of furan rings is 1. The van der Waals surface area contributed by atoms with Crippen molar-refractivity contribution in [2.24, 2.45) is 0 Å². The Bertz CT molecular complexity index is 582. The third-order valence-electron chi connectivity index (χ3n) is 2.28. The van der Waals surface area contributed by atoms with E-state index in [1.54, 1.807) is 0 Å². The predicted molar refractivity (Wildman–Crippen MR) is 64.6 cm³/mol. The highest BCUT2D eigenvalue weighted by Gasteiger charge is 2.15. The van der Waals surface area contributed by atoms with E-state index in [1.807, 2.05) is 0 Å². The lowest BCUT2D eigenvalue weighted by Crippen LogP contribution is -2.12. The van der Waals surface area contributed by atoms with Crippen molar-refractivity contribution in [2.75, 3.05) is 12.4 Å². The van der Waals surface area contributed by atoms with Gasteiger partial charge in [0.15, 0.2) is 0 Å². The zero-order valence-electron chi connectivity index (χ0n) is 9.37. The number of anilines is 1. The fourth-order valence-corrected chi connectivity index (χ4v) is 1.57. The number of carbonyl (C=O) groups excluding carboxylic acids is 1. The van der Waals surface area contributed by atoms with Crippen LogP contribution in [0.2, 0.25) is 5.22 Å². The molecule has 1 amide bonds. The van der Waals surface area contributed by atoms with Crippen LogP contribution in [0, 0.1) is 5.82 Å². The molecule has 0 spiro atoms. The van der Waals surface area contributed by atoms with Crippen LogP contribution in [-0.4, -0.2) is 13.0 Å². The smallest absolute Gasteiger partial charge is 0.260 e. The van der Waals surface area contributed by atoms with Crippen molar-refractivity contribution in [1.82, 2.24) is 0 Å². The lowest BCUT2D eigenvalue weighted by molar-refractivity contribution is 0.102. The first-order valence-corrected chi connectivity index (χ1v) is 5.37. The van der Waals surface area contributed by atoms with E-state index < -0.39 is 11.7 Å². The summed E-state index contributed by atoms with van der Waals surface area (Å²) in [5, 5.41) is 2.34. The lowest BCUT2D eigenvalue weighted by atomic mass is 10.2. The van der Waals surface area contributed by atoms with Crippen molar-refractivity contribution in [3.05, 3.63) is 47.1 Å². The van der Waals surface area contributed by atoms with Crippen LogP contribution < -0.4 is 10.1 Å². The van der Waals surface area contributed by atoms with Gasteiger partial charge in [0.25, 0.3) is 5.91 Å². The molecule has 0 fully saturated rings. The number of ether oxygens (including phenoxy) is 1. The number of benzene rings is 1. The Labute approximate surface area is 107 Å². The maximum atomic E-state index is 13.5. The summed E-state index contributed by atoms with van der Waals surface area (Å²) >= 11 is 5.65. The molecule has 6 heteroatoms. The van der Waals surface area contributed by atoms with Gasteiger partial charge in [-0.3, -0.25) is 4.79 Å². The number of hydrogen-bond acceptors (Lipinski definition) is 3. The number of hydrogen-bond donors (Lipinski definition) is 1. The van der Waals surface area contributed by atoms with E-state index in [9.17, 15) is 9.18 Å². The lowest BCUT2D eigenvalue weighted by Gasteiger charge is -2.07. The van der Waals surface area contributed by atoms with Crippen LogP contribution >= 0.6 is 11.6 Å². The Morgan fingerprint density at radius 1 is 1.44 bits per heavy atom. The first-order chi connectivity index (χ1) is 8.61. The van der Waals surface area contributed by atoms with Crippen molar-refractivity contribution in [1.29, 1.82) is 0 Å². The van der Waals surface area contributed by atoms with Crippen molar-refractivity contribution >= 4 is 23.2 Å². The van der Waals surface area contributed by atoms with Gasteiger partial charge in [-0.15, -0.1) is 0 Å². The maximum Gasteiger partial charge on any atom is 0.260 e. The molecule has 0 bridgehead atoms. The number of methoxy groups -OCH3 is 1. The number of rotatable bonds is 3. The predicted octanol–water partition coefficient (Wildman–Crippen LogP) is 3.33. The number of halogens is 2. The molecule has 0 saturated carbocycles. The van der Waals surface area contributed by atoms with Gasteiger partial charge in [0.1, 0.15) is 11.6 Å². The second-order valence-electron chi connectivity index (χ2n) is 3.41. The van der Waals surface area contributed by atoms with Crippen LogP contribution in [0.1, 0.15) is 10.4 Å². The van der Waals surface area contributed by atoms with Gasteiger partial charge in [0, 0.05) is 6.07 Å². The van der Waals surface area contributed by atoms with E-state index in [1.165, 1.54) is 37.6 Å². The molecule has 1 aromatic heterocycles. The summed E-state index contributed by atoms with van der Waals surface area (Å²) in [6.07, 6.45) is 1.28. The van der Waals surface area contributed by atoms with Gasteiger partial charge in [0.2, 0.25) is 5.22 Å². The van der Waals surface area contributed by atoms with Crippen molar-refractivity contribution in [3.63, 3.8) is 0 Å². The van der Waals surface area contributed by atoms with Gasteiger partial charge in [0.05, 0.1) is 24.6 Å². The molecule has 0 saturated heterocycles. The zero-order valence-corrected chi connectivity index (χ0v) is 10.1. The topological polar surface area (TPSA) is 51.5 Å². The fourth-order valence-electron chi connectivity index (χ4n) is 1.37. The first-order valence-electron chi connectivity index (χ1n) is 4.99. The molecule has 0 unspecified atom stereocenters. The molecule has 1 N–H and O–H groups in total. The van der Waals surface area contributed by atoms with Gasteiger partial charge >= 0.3 is 0 Å². The van der Waals surface area contributed by atoms with E-state index in [2.05, 4.69) is 5.32 Å². The molecular weight excluding hydrogens is 261 g/mol. The average Bonchev–Trinajstić information content (AvgIpc) is 2.78. The molecule has 2 aromatic rings. The van der Waals surface area contributed by atoms with Crippen LogP contribution in [0.25, 0.3) is 0 Å². The third kappa shape index (κ3) is 2.46. The van der Waals surface area contributed by atoms with Crippen LogP contribution in [0.15, 0.2) is 34.9 Å². The van der Waals surface area contributed by atoms with Gasteiger partial charge in [-0.2, -0.15) is 0 Å². The molecule has 0 aliphatic carbocycles. The molecule has 0 atom stereocenters. The van der Waals surface area contributed by atoms with Crippen LogP contribution in [0.5, 0.6) is 5.75 Å². The highest BCUT2D eigenvalue weighted by atomic mass is 35.5. The molecular formula is C12H9ClFNO3. The Morgan fingerprint density at radius 3 is 2.83 bits per heavy atom. The molecule has 18 heavy (non-hydrogen) atoms. The van der Waals surface area contributed by atoms with E-state index in [0.29, 0.717) is 5.75 Å². The van der Waals surface area contributed by atoms with E-state index in [4.69, 9.17) is 20.8 Å². The Hall–Kier alpha value is -2.01. The molecule has 0 aliphatic rings. The minimum absolute atomic E-state index is 0.0108. The Balaban J connectivity index is 2.24. The highest BCUT2D eigenvalue weighted by Crippen LogP contribution is 2.23. The largest absolute Gasteiger partial charge is 0.497 e. The van der Waals surface area contributed by atoms with Crippen LogP contribution in [0.4, 0.5) is 10.1 Å². The van der Waals surface area contributed by atoms with Crippen molar-refractivity contribution in [3.8, 4) is 5.75 Å². The summed E-state index contributed by atoms with van der Waals surface area (Å²) in [6.45, 7) is 0. The van der Waals surface area contributed by atoms with Gasteiger partial charge < -0.3 is 14.5 Å². The summed E-state index contributed by atoms with van der Waals surface area (Å²) in [5.41, 5.74) is 0.149. The zero-order chi connectivity index (χ0) is 13.1. The highest BCUT2D eigenvalue weighted by molar-refractivity contribution is 6.32. The van der Waals surface area contributed by atoms with Gasteiger partial charge in [-0.05, 0) is 29.8 Å². The molecule has 94 valence electrons. The first kappa shape index (κ1) is 12.4. The fraction of sp³-hybridized carbons (Fsp3) is 0.0833. The summed E-state index contributed by atoms with van der Waals surface area (Å²) in [7, 11) is 1.45. The standard InChI is InChI=1S/C12H9ClFNO3/c1-17-7-2-3-9(14)10(6-7)15-12(16)8-4-5-18-11(8)13/h2-6H,1H3,(H,15,16).